The number of hydrogen-bond acceptors (Lipinski definition) is 3. The van der Waals surface area contributed by atoms with E-state index in [1.54, 1.807) is 6.92 Å². The van der Waals surface area contributed by atoms with Crippen molar-refractivity contribution in [3.8, 4) is 0 Å². The molecule has 0 aromatic heterocycles. The van der Waals surface area contributed by atoms with Gasteiger partial charge in [-0.3, -0.25) is 0 Å². The molecule has 1 aliphatic rings. The molecule has 4 nitrogen and oxygen atoms in total. The van der Waals surface area contributed by atoms with Crippen LogP contribution < -0.4 is 5.32 Å². The Hall–Kier alpha value is -1.12. The Bertz CT molecular complexity index is 593. The summed E-state index contributed by atoms with van der Waals surface area (Å²) in [5.74, 6) is -3.97. The fourth-order valence-corrected chi connectivity index (χ4v) is 4.05. The maximum absolute atomic E-state index is 13.7. The summed E-state index contributed by atoms with van der Waals surface area (Å²) in [4.78, 5) is -1.09. The Morgan fingerprint density at radius 2 is 1.90 bits per heavy atom. The predicted molar refractivity (Wildman–Crippen MR) is 71.8 cm³/mol. The Morgan fingerprint density at radius 3 is 2.38 bits per heavy atom. The van der Waals surface area contributed by atoms with Crippen molar-refractivity contribution in [3.05, 3.63) is 29.6 Å². The molecule has 0 spiro atoms. The van der Waals surface area contributed by atoms with E-state index in [1.807, 2.05) is 0 Å². The van der Waals surface area contributed by atoms with Crippen LogP contribution in [0.1, 0.15) is 19.8 Å². The molecule has 0 saturated carbocycles. The standard InChI is InChI=1S/C13H17F3N2O2S/c1-2-18(8-10-4-3-5-17-10)21(19,20)13-11(15)6-9(14)7-12(13)16/h6-7,10,17H,2-5,8H2,1H3. The van der Waals surface area contributed by atoms with E-state index >= 15 is 0 Å². The number of likely N-dealkylation sites (N-methyl/N-ethyl adjacent to an activating group) is 1. The molecule has 118 valence electrons. The summed E-state index contributed by atoms with van der Waals surface area (Å²) in [5.41, 5.74) is 0. The lowest BCUT2D eigenvalue weighted by atomic mass is 10.2. The lowest BCUT2D eigenvalue weighted by molar-refractivity contribution is 0.376. The molecule has 21 heavy (non-hydrogen) atoms. The molecule has 0 bridgehead atoms. The number of rotatable bonds is 5. The van der Waals surface area contributed by atoms with E-state index in [0.717, 1.165) is 23.7 Å². The number of nitrogens with zero attached hydrogens (tertiary/aromatic N) is 1. The summed E-state index contributed by atoms with van der Waals surface area (Å²) < 4.78 is 66.1. The molecule has 1 unspecified atom stereocenters. The molecular formula is C13H17F3N2O2S. The number of sulfonamides is 1. The molecule has 0 radical (unpaired) electrons. The summed E-state index contributed by atoms with van der Waals surface area (Å²) in [7, 11) is -4.34. The summed E-state index contributed by atoms with van der Waals surface area (Å²) in [6, 6.07) is 0.709. The van der Waals surface area contributed by atoms with Gasteiger partial charge in [-0.25, -0.2) is 21.6 Å². The second-order valence-corrected chi connectivity index (χ2v) is 6.82. The van der Waals surface area contributed by atoms with Crippen molar-refractivity contribution in [3.63, 3.8) is 0 Å². The van der Waals surface area contributed by atoms with Crippen LogP contribution in [-0.2, 0) is 10.0 Å². The van der Waals surface area contributed by atoms with E-state index in [9.17, 15) is 21.6 Å². The highest BCUT2D eigenvalue weighted by Gasteiger charge is 2.32. The molecule has 1 aromatic rings. The number of halogens is 3. The van der Waals surface area contributed by atoms with E-state index < -0.39 is 32.4 Å². The minimum Gasteiger partial charge on any atom is -0.313 e. The van der Waals surface area contributed by atoms with E-state index in [2.05, 4.69) is 5.32 Å². The molecule has 1 aromatic carbocycles. The highest BCUT2D eigenvalue weighted by molar-refractivity contribution is 7.89. The first-order chi connectivity index (χ1) is 9.86. The highest BCUT2D eigenvalue weighted by Crippen LogP contribution is 2.24. The Labute approximate surface area is 122 Å². The van der Waals surface area contributed by atoms with Gasteiger partial charge < -0.3 is 5.32 Å². The van der Waals surface area contributed by atoms with Gasteiger partial charge in [-0.1, -0.05) is 6.92 Å². The van der Waals surface area contributed by atoms with Gasteiger partial charge in [0.05, 0.1) is 0 Å². The second kappa shape index (κ2) is 6.33. The Morgan fingerprint density at radius 1 is 1.29 bits per heavy atom. The van der Waals surface area contributed by atoms with Crippen molar-refractivity contribution in [1.29, 1.82) is 0 Å². The first-order valence-corrected chi connectivity index (χ1v) is 8.18. The molecule has 1 saturated heterocycles. The van der Waals surface area contributed by atoms with Crippen LogP contribution in [0.25, 0.3) is 0 Å². The average molecular weight is 322 g/mol. The molecule has 0 aliphatic carbocycles. The zero-order valence-corrected chi connectivity index (χ0v) is 12.4. The zero-order valence-electron chi connectivity index (χ0n) is 11.6. The minimum atomic E-state index is -4.34. The number of hydrogen-bond donors (Lipinski definition) is 1. The molecule has 2 rings (SSSR count). The molecular weight excluding hydrogens is 305 g/mol. The van der Waals surface area contributed by atoms with E-state index in [1.165, 1.54) is 0 Å². The fourth-order valence-electron chi connectivity index (χ4n) is 2.46. The van der Waals surface area contributed by atoms with Crippen molar-refractivity contribution in [2.75, 3.05) is 19.6 Å². The van der Waals surface area contributed by atoms with Gasteiger partial charge in [-0.05, 0) is 19.4 Å². The van der Waals surface area contributed by atoms with Crippen molar-refractivity contribution >= 4 is 10.0 Å². The number of nitrogens with one attached hydrogen (secondary N) is 1. The third kappa shape index (κ3) is 3.38. The summed E-state index contributed by atoms with van der Waals surface area (Å²) in [6.45, 7) is 2.60. The van der Waals surface area contributed by atoms with Crippen LogP contribution in [-0.4, -0.2) is 38.4 Å². The highest BCUT2D eigenvalue weighted by atomic mass is 32.2. The van der Waals surface area contributed by atoms with Crippen LogP contribution >= 0.6 is 0 Å². The first-order valence-electron chi connectivity index (χ1n) is 6.74. The zero-order chi connectivity index (χ0) is 15.6. The summed E-state index contributed by atoms with van der Waals surface area (Å²) >= 11 is 0. The van der Waals surface area contributed by atoms with Crippen molar-refractivity contribution in [2.45, 2.75) is 30.7 Å². The van der Waals surface area contributed by atoms with Crippen LogP contribution in [0.15, 0.2) is 17.0 Å². The number of benzene rings is 1. The van der Waals surface area contributed by atoms with Crippen LogP contribution in [0.4, 0.5) is 13.2 Å². The molecule has 1 aliphatic heterocycles. The molecule has 1 fully saturated rings. The van der Waals surface area contributed by atoms with Crippen LogP contribution in [0.5, 0.6) is 0 Å². The molecule has 1 heterocycles. The van der Waals surface area contributed by atoms with Gasteiger partial charge in [0, 0.05) is 31.3 Å². The van der Waals surface area contributed by atoms with E-state index in [-0.39, 0.29) is 19.1 Å². The van der Waals surface area contributed by atoms with Crippen molar-refractivity contribution in [1.82, 2.24) is 9.62 Å². The van der Waals surface area contributed by atoms with Gasteiger partial charge in [0.1, 0.15) is 17.5 Å². The van der Waals surface area contributed by atoms with Crippen LogP contribution in [0.2, 0.25) is 0 Å². The fraction of sp³-hybridized carbons (Fsp3) is 0.538. The van der Waals surface area contributed by atoms with Gasteiger partial charge in [-0.15, -0.1) is 0 Å². The molecule has 1 atom stereocenters. The summed E-state index contributed by atoms with van der Waals surface area (Å²) in [5, 5.41) is 3.13. The van der Waals surface area contributed by atoms with Crippen LogP contribution in [0, 0.1) is 17.5 Å². The first kappa shape index (κ1) is 16.3. The third-order valence-corrected chi connectivity index (χ3v) is 5.49. The Kier molecular flexibility index (Phi) is 4.90. The van der Waals surface area contributed by atoms with Gasteiger partial charge >= 0.3 is 0 Å². The lowest BCUT2D eigenvalue weighted by Gasteiger charge is -2.24. The third-order valence-electron chi connectivity index (χ3n) is 3.50. The second-order valence-electron chi connectivity index (χ2n) is 4.95. The Balaban J connectivity index is 2.35. The summed E-state index contributed by atoms with van der Waals surface area (Å²) in [6.07, 6.45) is 1.74. The SMILES string of the molecule is CCN(CC1CCCN1)S(=O)(=O)c1c(F)cc(F)cc1F. The average Bonchev–Trinajstić information content (AvgIpc) is 2.86. The maximum atomic E-state index is 13.7. The lowest BCUT2D eigenvalue weighted by Crippen LogP contribution is -2.41. The largest absolute Gasteiger partial charge is 0.313 e. The van der Waals surface area contributed by atoms with Gasteiger partial charge in [0.25, 0.3) is 0 Å². The van der Waals surface area contributed by atoms with E-state index in [4.69, 9.17) is 0 Å². The monoisotopic (exact) mass is 322 g/mol. The smallest absolute Gasteiger partial charge is 0.248 e. The normalized spacial score (nSPS) is 19.4. The van der Waals surface area contributed by atoms with Crippen LogP contribution in [0.3, 0.4) is 0 Å². The topological polar surface area (TPSA) is 49.4 Å². The van der Waals surface area contributed by atoms with Crippen molar-refractivity contribution in [2.24, 2.45) is 0 Å². The molecule has 1 N–H and O–H groups in total. The molecule has 8 heteroatoms. The molecule has 0 amide bonds. The quantitative estimate of drug-likeness (QED) is 0.900. The van der Waals surface area contributed by atoms with Crippen molar-refractivity contribution < 1.29 is 21.6 Å². The maximum Gasteiger partial charge on any atom is 0.248 e. The van der Waals surface area contributed by atoms with Gasteiger partial charge in [-0.2, -0.15) is 4.31 Å². The van der Waals surface area contributed by atoms with E-state index in [0.29, 0.717) is 12.1 Å². The van der Waals surface area contributed by atoms with Gasteiger partial charge in [0.2, 0.25) is 10.0 Å². The predicted octanol–water partition coefficient (Wildman–Crippen LogP) is 1.87. The van der Waals surface area contributed by atoms with Gasteiger partial charge in [0.15, 0.2) is 4.90 Å². The minimum absolute atomic E-state index is 0.0358.